The first-order valence-electron chi connectivity index (χ1n) is 8.66. The van der Waals surface area contributed by atoms with Crippen molar-refractivity contribution < 1.29 is 14.3 Å². The van der Waals surface area contributed by atoms with E-state index in [9.17, 15) is 9.59 Å². The molecule has 0 saturated heterocycles. The van der Waals surface area contributed by atoms with Gasteiger partial charge in [0, 0.05) is 12.2 Å². The Morgan fingerprint density at radius 2 is 1.67 bits per heavy atom. The number of carbonyl (C=O) groups is 2. The number of hydrogen-bond acceptors (Lipinski definition) is 3. The van der Waals surface area contributed by atoms with Crippen LogP contribution >= 0.6 is 0 Å². The number of fused-ring (bicyclic) bond motifs is 1. The molecule has 0 fully saturated rings. The van der Waals surface area contributed by atoms with Gasteiger partial charge in [0.15, 0.2) is 0 Å². The SMILES string of the molecule is CCOc1cc2ccccc2cc1C(=O)NCc1ccc(NC(N)=O)cc1. The summed E-state index contributed by atoms with van der Waals surface area (Å²) in [6.45, 7) is 2.72. The summed E-state index contributed by atoms with van der Waals surface area (Å²) in [6.07, 6.45) is 0. The summed E-state index contributed by atoms with van der Waals surface area (Å²) in [5.74, 6) is 0.359. The third-order valence-electron chi connectivity index (χ3n) is 4.07. The summed E-state index contributed by atoms with van der Waals surface area (Å²) in [7, 11) is 0. The lowest BCUT2D eigenvalue weighted by atomic mass is 10.1. The Labute approximate surface area is 157 Å². The van der Waals surface area contributed by atoms with Gasteiger partial charge in [0.1, 0.15) is 5.75 Å². The van der Waals surface area contributed by atoms with Crippen molar-refractivity contribution in [3.05, 3.63) is 71.8 Å². The first kappa shape index (κ1) is 18.3. The number of benzene rings is 3. The summed E-state index contributed by atoms with van der Waals surface area (Å²) in [4.78, 5) is 23.6. The van der Waals surface area contributed by atoms with Crippen molar-refractivity contribution in [3.8, 4) is 5.75 Å². The largest absolute Gasteiger partial charge is 0.493 e. The Morgan fingerprint density at radius 1 is 1.00 bits per heavy atom. The highest BCUT2D eigenvalue weighted by Gasteiger charge is 2.14. The monoisotopic (exact) mass is 363 g/mol. The normalized spacial score (nSPS) is 10.4. The van der Waals surface area contributed by atoms with Crippen molar-refractivity contribution in [2.45, 2.75) is 13.5 Å². The molecule has 3 aromatic rings. The van der Waals surface area contributed by atoms with Gasteiger partial charge < -0.3 is 21.1 Å². The maximum Gasteiger partial charge on any atom is 0.316 e. The molecule has 3 rings (SSSR count). The lowest BCUT2D eigenvalue weighted by Gasteiger charge is -2.12. The lowest BCUT2D eigenvalue weighted by molar-refractivity contribution is 0.0947. The zero-order chi connectivity index (χ0) is 19.2. The third kappa shape index (κ3) is 4.55. The number of nitrogens with two attached hydrogens (primary N) is 1. The maximum atomic E-state index is 12.7. The highest BCUT2D eigenvalue weighted by molar-refractivity contribution is 6.01. The minimum atomic E-state index is -0.615. The average molecular weight is 363 g/mol. The van der Waals surface area contributed by atoms with Crippen LogP contribution in [-0.2, 0) is 6.54 Å². The van der Waals surface area contributed by atoms with Crippen LogP contribution in [0.2, 0.25) is 0 Å². The molecule has 0 aliphatic heterocycles. The fraction of sp³-hybridized carbons (Fsp3) is 0.143. The molecular weight excluding hydrogens is 342 g/mol. The first-order valence-corrected chi connectivity index (χ1v) is 8.66. The van der Waals surface area contributed by atoms with Crippen molar-refractivity contribution in [2.24, 2.45) is 5.73 Å². The van der Waals surface area contributed by atoms with Gasteiger partial charge in [-0.25, -0.2) is 4.79 Å². The summed E-state index contributed by atoms with van der Waals surface area (Å²) < 4.78 is 5.66. The van der Waals surface area contributed by atoms with Gasteiger partial charge in [0.25, 0.3) is 5.91 Å². The molecule has 0 spiro atoms. The molecule has 6 heteroatoms. The molecule has 0 atom stereocenters. The van der Waals surface area contributed by atoms with E-state index in [1.807, 2.05) is 55.5 Å². The lowest BCUT2D eigenvalue weighted by Crippen LogP contribution is -2.23. The first-order chi connectivity index (χ1) is 13.1. The molecular formula is C21H21N3O3. The van der Waals surface area contributed by atoms with E-state index in [1.165, 1.54) is 0 Å². The predicted octanol–water partition coefficient (Wildman–Crippen LogP) is 3.66. The van der Waals surface area contributed by atoms with Crippen molar-refractivity contribution in [1.82, 2.24) is 5.32 Å². The van der Waals surface area contributed by atoms with Gasteiger partial charge in [-0.3, -0.25) is 4.79 Å². The second kappa shape index (κ2) is 8.23. The Hall–Kier alpha value is -3.54. The van der Waals surface area contributed by atoms with E-state index in [2.05, 4.69) is 10.6 Å². The van der Waals surface area contributed by atoms with Gasteiger partial charge in [0.2, 0.25) is 0 Å². The number of primary amides is 1. The zero-order valence-electron chi connectivity index (χ0n) is 15.0. The van der Waals surface area contributed by atoms with Crippen LogP contribution in [0, 0.1) is 0 Å². The maximum absolute atomic E-state index is 12.7. The summed E-state index contributed by atoms with van der Waals surface area (Å²) in [6, 6.07) is 18.0. The topological polar surface area (TPSA) is 93.4 Å². The molecule has 6 nitrogen and oxygen atoms in total. The van der Waals surface area contributed by atoms with Crippen LogP contribution in [0.25, 0.3) is 10.8 Å². The number of urea groups is 1. The molecule has 0 radical (unpaired) electrons. The zero-order valence-corrected chi connectivity index (χ0v) is 15.0. The smallest absolute Gasteiger partial charge is 0.316 e. The minimum Gasteiger partial charge on any atom is -0.493 e. The van der Waals surface area contributed by atoms with E-state index < -0.39 is 6.03 Å². The fourth-order valence-electron chi connectivity index (χ4n) is 2.80. The molecule has 0 aromatic heterocycles. The van der Waals surface area contributed by atoms with Gasteiger partial charge in [-0.05, 0) is 47.5 Å². The number of anilines is 1. The van der Waals surface area contributed by atoms with Crippen LogP contribution in [0.5, 0.6) is 5.75 Å². The predicted molar refractivity (Wildman–Crippen MR) is 106 cm³/mol. The molecule has 0 aliphatic carbocycles. The van der Waals surface area contributed by atoms with E-state index in [0.717, 1.165) is 16.3 Å². The summed E-state index contributed by atoms with van der Waals surface area (Å²) >= 11 is 0. The van der Waals surface area contributed by atoms with Crippen LogP contribution in [0.4, 0.5) is 10.5 Å². The number of amides is 3. The van der Waals surface area contributed by atoms with Gasteiger partial charge in [-0.2, -0.15) is 0 Å². The van der Waals surface area contributed by atoms with Gasteiger partial charge >= 0.3 is 6.03 Å². The molecule has 0 aliphatic rings. The minimum absolute atomic E-state index is 0.205. The molecule has 138 valence electrons. The third-order valence-corrected chi connectivity index (χ3v) is 4.07. The highest BCUT2D eigenvalue weighted by atomic mass is 16.5. The van der Waals surface area contributed by atoms with Crippen LogP contribution in [0.15, 0.2) is 60.7 Å². The second-order valence-corrected chi connectivity index (χ2v) is 6.00. The van der Waals surface area contributed by atoms with Crippen LogP contribution in [0.3, 0.4) is 0 Å². The van der Waals surface area contributed by atoms with E-state index in [1.54, 1.807) is 12.1 Å². The molecule has 4 N–H and O–H groups in total. The highest BCUT2D eigenvalue weighted by Crippen LogP contribution is 2.26. The van der Waals surface area contributed by atoms with E-state index in [-0.39, 0.29) is 5.91 Å². The molecule has 0 saturated carbocycles. The van der Waals surface area contributed by atoms with E-state index in [4.69, 9.17) is 10.5 Å². The molecule has 0 heterocycles. The summed E-state index contributed by atoms with van der Waals surface area (Å²) in [5.41, 5.74) is 7.09. The van der Waals surface area contributed by atoms with Gasteiger partial charge in [-0.1, -0.05) is 36.4 Å². The van der Waals surface area contributed by atoms with Crippen molar-refractivity contribution in [2.75, 3.05) is 11.9 Å². The Kier molecular flexibility index (Phi) is 5.56. The second-order valence-electron chi connectivity index (χ2n) is 6.00. The quantitative estimate of drug-likeness (QED) is 0.624. The summed E-state index contributed by atoms with van der Waals surface area (Å²) in [5, 5.41) is 7.41. The Bertz CT molecular complexity index is 968. The Morgan fingerprint density at radius 3 is 2.30 bits per heavy atom. The molecule has 3 amide bonds. The van der Waals surface area contributed by atoms with E-state index >= 15 is 0 Å². The molecule has 27 heavy (non-hydrogen) atoms. The number of hydrogen-bond donors (Lipinski definition) is 3. The molecule has 0 bridgehead atoms. The van der Waals surface area contributed by atoms with Crippen molar-refractivity contribution in [3.63, 3.8) is 0 Å². The molecule has 3 aromatic carbocycles. The Balaban J connectivity index is 1.75. The van der Waals surface area contributed by atoms with E-state index in [0.29, 0.717) is 30.2 Å². The average Bonchev–Trinajstić information content (AvgIpc) is 2.66. The van der Waals surface area contributed by atoms with Crippen LogP contribution in [0.1, 0.15) is 22.8 Å². The van der Waals surface area contributed by atoms with Crippen molar-refractivity contribution >= 4 is 28.4 Å². The van der Waals surface area contributed by atoms with Gasteiger partial charge in [0.05, 0.1) is 12.2 Å². The van der Waals surface area contributed by atoms with Gasteiger partial charge in [-0.15, -0.1) is 0 Å². The number of carbonyl (C=O) groups excluding carboxylic acids is 2. The van der Waals surface area contributed by atoms with Crippen LogP contribution < -0.4 is 21.1 Å². The number of ether oxygens (including phenoxy) is 1. The standard InChI is InChI=1S/C21H21N3O3/c1-2-27-19-12-16-6-4-3-5-15(16)11-18(19)20(25)23-13-14-7-9-17(10-8-14)24-21(22)26/h3-12H,2,13H2,1H3,(H,23,25)(H3,22,24,26). The molecule has 0 unspecified atom stereocenters. The fourth-order valence-corrected chi connectivity index (χ4v) is 2.80. The number of rotatable bonds is 6. The van der Waals surface area contributed by atoms with Crippen LogP contribution in [-0.4, -0.2) is 18.5 Å². The number of nitrogens with one attached hydrogen (secondary N) is 2. The van der Waals surface area contributed by atoms with Crippen molar-refractivity contribution in [1.29, 1.82) is 0 Å².